The minimum atomic E-state index is 0. The molecule has 1 aliphatic heterocycles. The van der Waals surface area contributed by atoms with E-state index in [9.17, 15) is 4.79 Å². The molecule has 0 spiro atoms. The molecule has 0 saturated carbocycles. The van der Waals surface area contributed by atoms with E-state index in [1.807, 2.05) is 0 Å². The SMILES string of the molecule is CSc1ccc(C=C2C[N+](C)(C)CC(=Cc3ccc(SC)cc3)C2=O)cc1.[I-]. The van der Waals surface area contributed by atoms with Crippen LogP contribution < -0.4 is 24.0 Å². The van der Waals surface area contributed by atoms with E-state index < -0.39 is 0 Å². The van der Waals surface area contributed by atoms with Crippen LogP contribution in [0.3, 0.4) is 0 Å². The van der Waals surface area contributed by atoms with Crippen LogP contribution in [0.25, 0.3) is 12.2 Å². The normalized spacial score (nSPS) is 18.9. The average Bonchev–Trinajstić information content (AvgIpc) is 2.66. The smallest absolute Gasteiger partial charge is 0.196 e. The van der Waals surface area contributed by atoms with E-state index in [0.29, 0.717) is 0 Å². The molecular formula is C23H26INOS2. The predicted octanol–water partition coefficient (Wildman–Crippen LogP) is 2.26. The Morgan fingerprint density at radius 1 is 0.750 bits per heavy atom. The lowest BCUT2D eigenvalue weighted by molar-refractivity contribution is -0.881. The standard InChI is InChI=1S/C23H26NOS2.HI/c1-24(2)15-19(13-17-5-9-21(26-3)10-6-17)23(25)20(16-24)14-18-7-11-22(27-4)12-8-18;/h5-14H,15-16H2,1-4H3;1H/q+1;/p-1. The molecule has 5 heteroatoms. The monoisotopic (exact) mass is 523 g/mol. The van der Waals surface area contributed by atoms with Crippen molar-refractivity contribution in [2.24, 2.45) is 0 Å². The number of thioether (sulfide) groups is 2. The Hall–Kier alpha value is -1.02. The fraction of sp³-hybridized carbons (Fsp3) is 0.261. The molecule has 3 rings (SSSR count). The predicted molar refractivity (Wildman–Crippen MR) is 119 cm³/mol. The lowest BCUT2D eigenvalue weighted by atomic mass is 9.93. The molecule has 0 radical (unpaired) electrons. The van der Waals surface area contributed by atoms with Crippen LogP contribution >= 0.6 is 23.5 Å². The van der Waals surface area contributed by atoms with Gasteiger partial charge in [-0.2, -0.15) is 0 Å². The van der Waals surface area contributed by atoms with E-state index in [2.05, 4.69) is 87.3 Å². The van der Waals surface area contributed by atoms with Gasteiger partial charge in [0.25, 0.3) is 0 Å². The van der Waals surface area contributed by atoms with Crippen molar-refractivity contribution in [3.8, 4) is 0 Å². The van der Waals surface area contributed by atoms with Crippen LogP contribution in [-0.4, -0.2) is 50.0 Å². The molecular weight excluding hydrogens is 497 g/mol. The fourth-order valence-electron chi connectivity index (χ4n) is 3.35. The summed E-state index contributed by atoms with van der Waals surface area (Å²) in [5.41, 5.74) is 3.94. The molecule has 0 aliphatic carbocycles. The van der Waals surface area contributed by atoms with Crippen LogP contribution in [0.5, 0.6) is 0 Å². The van der Waals surface area contributed by atoms with Crippen LogP contribution in [0.1, 0.15) is 11.1 Å². The number of benzene rings is 2. The maximum absolute atomic E-state index is 13.1. The molecule has 0 N–H and O–H groups in total. The van der Waals surface area contributed by atoms with Crippen molar-refractivity contribution >= 4 is 41.5 Å². The van der Waals surface area contributed by atoms with Gasteiger partial charge in [-0.1, -0.05) is 24.3 Å². The highest BCUT2D eigenvalue weighted by Gasteiger charge is 2.33. The molecule has 0 atom stereocenters. The van der Waals surface area contributed by atoms with Gasteiger partial charge in [-0.25, -0.2) is 0 Å². The van der Waals surface area contributed by atoms with E-state index in [4.69, 9.17) is 0 Å². The number of quaternary nitrogens is 1. The minimum Gasteiger partial charge on any atom is -1.00 e. The largest absolute Gasteiger partial charge is 1.00 e. The first-order chi connectivity index (χ1) is 12.9. The first-order valence-corrected chi connectivity index (χ1v) is 11.4. The van der Waals surface area contributed by atoms with Crippen LogP contribution in [0.4, 0.5) is 0 Å². The number of hydrogen-bond donors (Lipinski definition) is 0. The van der Waals surface area contributed by atoms with Gasteiger partial charge in [0.15, 0.2) is 5.78 Å². The van der Waals surface area contributed by atoms with Crippen molar-refractivity contribution in [1.29, 1.82) is 0 Å². The number of likely N-dealkylation sites (N-methyl/N-ethyl adjacent to an activating group) is 1. The highest BCUT2D eigenvalue weighted by Crippen LogP contribution is 2.26. The van der Waals surface area contributed by atoms with Gasteiger partial charge in [0.05, 0.1) is 25.2 Å². The van der Waals surface area contributed by atoms with Crippen molar-refractivity contribution < 1.29 is 33.3 Å². The van der Waals surface area contributed by atoms with E-state index >= 15 is 0 Å². The third-order valence-corrected chi connectivity index (χ3v) is 6.18. The number of nitrogens with zero attached hydrogens (tertiary/aromatic N) is 1. The number of Topliss-reactive ketones (excluding diaryl/α,β-unsaturated/α-hetero) is 1. The first kappa shape index (κ1) is 23.3. The van der Waals surface area contributed by atoms with Crippen molar-refractivity contribution in [2.45, 2.75) is 9.79 Å². The van der Waals surface area contributed by atoms with Gasteiger partial charge >= 0.3 is 0 Å². The maximum atomic E-state index is 13.1. The maximum Gasteiger partial charge on any atom is 0.196 e. The number of carbonyl (C=O) groups is 1. The Labute approximate surface area is 194 Å². The number of rotatable bonds is 4. The van der Waals surface area contributed by atoms with E-state index in [-0.39, 0.29) is 29.8 Å². The van der Waals surface area contributed by atoms with E-state index in [0.717, 1.165) is 39.8 Å². The van der Waals surface area contributed by atoms with E-state index in [1.165, 1.54) is 9.79 Å². The summed E-state index contributed by atoms with van der Waals surface area (Å²) in [6.07, 6.45) is 8.24. The minimum absolute atomic E-state index is 0. The zero-order valence-corrected chi connectivity index (χ0v) is 20.5. The number of likely N-dealkylation sites (tertiary alicyclic amines) is 1. The summed E-state index contributed by atoms with van der Waals surface area (Å²) in [7, 11) is 4.36. The summed E-state index contributed by atoms with van der Waals surface area (Å²) in [4.78, 5) is 15.6. The van der Waals surface area contributed by atoms with Crippen LogP contribution in [0.15, 0.2) is 69.5 Å². The summed E-state index contributed by atoms with van der Waals surface area (Å²) in [5.74, 6) is 0.176. The number of carbonyl (C=O) groups excluding carboxylic acids is 1. The summed E-state index contributed by atoms with van der Waals surface area (Å²) >= 11 is 3.45. The molecule has 0 unspecified atom stereocenters. The van der Waals surface area contributed by atoms with Gasteiger partial charge in [-0.05, 0) is 60.1 Å². The fourth-order valence-corrected chi connectivity index (χ4v) is 4.17. The molecule has 28 heavy (non-hydrogen) atoms. The molecule has 2 aromatic carbocycles. The van der Waals surface area contributed by atoms with Crippen molar-refractivity contribution in [1.82, 2.24) is 0 Å². The summed E-state index contributed by atoms with van der Waals surface area (Å²) in [6.45, 7) is 1.51. The Morgan fingerprint density at radius 2 is 1.11 bits per heavy atom. The van der Waals surface area contributed by atoms with Crippen molar-refractivity contribution in [3.05, 3.63) is 70.8 Å². The molecule has 2 aromatic rings. The highest BCUT2D eigenvalue weighted by atomic mass is 127. The molecule has 1 fully saturated rings. The molecule has 0 aromatic heterocycles. The summed E-state index contributed by atoms with van der Waals surface area (Å²) in [6, 6.07) is 16.8. The zero-order valence-electron chi connectivity index (χ0n) is 16.7. The Bertz CT molecular complexity index is 812. The summed E-state index contributed by atoms with van der Waals surface area (Å²) < 4.78 is 0.787. The van der Waals surface area contributed by atoms with Gasteiger partial charge in [0.2, 0.25) is 0 Å². The lowest BCUT2D eigenvalue weighted by Crippen LogP contribution is -3.00. The number of halogens is 1. The average molecular weight is 524 g/mol. The second kappa shape index (κ2) is 10.1. The third kappa shape index (κ3) is 5.99. The van der Waals surface area contributed by atoms with Crippen LogP contribution in [0, 0.1) is 0 Å². The molecule has 1 saturated heterocycles. The van der Waals surface area contributed by atoms with Gasteiger partial charge in [-0.15, -0.1) is 23.5 Å². The number of hydrogen-bond acceptors (Lipinski definition) is 3. The topological polar surface area (TPSA) is 17.1 Å². The molecule has 1 heterocycles. The third-order valence-electron chi connectivity index (χ3n) is 4.69. The van der Waals surface area contributed by atoms with Gasteiger partial charge < -0.3 is 28.5 Å². The Kier molecular flexibility index (Phi) is 8.43. The van der Waals surface area contributed by atoms with Crippen molar-refractivity contribution in [3.63, 3.8) is 0 Å². The molecule has 0 amide bonds. The number of ketones is 1. The van der Waals surface area contributed by atoms with Crippen molar-refractivity contribution in [2.75, 3.05) is 39.7 Å². The van der Waals surface area contributed by atoms with Crippen LogP contribution in [0.2, 0.25) is 0 Å². The second-order valence-corrected chi connectivity index (χ2v) is 9.23. The second-order valence-electron chi connectivity index (χ2n) is 7.47. The Morgan fingerprint density at radius 3 is 1.43 bits per heavy atom. The van der Waals surface area contributed by atoms with E-state index in [1.54, 1.807) is 23.5 Å². The van der Waals surface area contributed by atoms with Gasteiger partial charge in [0, 0.05) is 9.79 Å². The quantitative estimate of drug-likeness (QED) is 0.265. The van der Waals surface area contributed by atoms with Gasteiger partial charge in [0.1, 0.15) is 13.1 Å². The first-order valence-electron chi connectivity index (χ1n) is 8.96. The molecule has 2 nitrogen and oxygen atoms in total. The lowest BCUT2D eigenvalue weighted by Gasteiger charge is -2.35. The summed E-state index contributed by atoms with van der Waals surface area (Å²) in [5, 5.41) is 0. The molecule has 148 valence electrons. The highest BCUT2D eigenvalue weighted by molar-refractivity contribution is 7.98. The molecule has 0 bridgehead atoms. The number of piperidine rings is 1. The zero-order chi connectivity index (χ0) is 19.4. The Balaban J connectivity index is 0.00000280. The van der Waals surface area contributed by atoms with Crippen LogP contribution in [-0.2, 0) is 4.79 Å². The van der Waals surface area contributed by atoms with Gasteiger partial charge in [-0.3, -0.25) is 4.79 Å². The molecule has 1 aliphatic rings.